The van der Waals surface area contributed by atoms with Crippen molar-refractivity contribution >= 4 is 74.0 Å². The number of allylic oxidation sites excluding steroid dienone is 2. The van der Waals surface area contributed by atoms with E-state index in [1.54, 1.807) is 48.6 Å². The SMILES string of the molecule is CCCCCCCCS(=O)(=O)OCC1(COS(=O)(=O)CCCCCCCC)N=C2C=CC(C3C([O-])C(c4ccc5c6c(cccc46)NC(COS(=O)(=O)CCCCCCCC)(COS(=O)(=O)CCCCCCCC)N5)C3[O-])c3cccc(c32)N1. The average molecular weight is 1250 g/mol. The molecule has 18 nitrogen and oxygen atoms in total. The van der Waals surface area contributed by atoms with Crippen LogP contribution in [0.1, 0.15) is 210 Å². The van der Waals surface area contributed by atoms with Gasteiger partial charge in [-0.3, -0.25) is 21.7 Å². The Bertz CT molecular complexity index is 3010. The van der Waals surface area contributed by atoms with Gasteiger partial charge in [-0.25, -0.2) is 0 Å². The van der Waals surface area contributed by atoms with Crippen molar-refractivity contribution in [2.24, 2.45) is 10.9 Å². The average Bonchev–Trinajstić information content (AvgIpc) is 1.22. The molecule has 4 aliphatic rings. The van der Waals surface area contributed by atoms with Crippen molar-refractivity contribution in [2.75, 3.05) is 65.4 Å². The van der Waals surface area contributed by atoms with Gasteiger partial charge in [0.15, 0.2) is 11.3 Å². The van der Waals surface area contributed by atoms with Crippen molar-refractivity contribution < 1.29 is 60.6 Å². The Morgan fingerprint density at radius 2 is 0.869 bits per heavy atom. The van der Waals surface area contributed by atoms with Gasteiger partial charge in [0.2, 0.25) is 0 Å². The Kier molecular flexibility index (Phi) is 25.4. The normalized spacial score (nSPS) is 20.6. The zero-order valence-electron chi connectivity index (χ0n) is 50.1. The summed E-state index contributed by atoms with van der Waals surface area (Å²) >= 11 is 0. The number of rotatable bonds is 42. The summed E-state index contributed by atoms with van der Waals surface area (Å²) in [5.41, 5.74) is 0.453. The molecule has 84 heavy (non-hydrogen) atoms. The molecule has 3 aromatic carbocycles. The van der Waals surface area contributed by atoms with Crippen LogP contribution in [0.2, 0.25) is 0 Å². The standard InChI is InChI=1S/C62H94N4O14S4/c1-5-9-13-17-21-25-39-81(69,70)77-43-61(44-78-82(71,72)40-26-22-18-14-10-6-2)63-51-33-29-31-47-49(35-37-53(65-61)55(47)51)57-59(67)58(60(57)68)50-36-38-54-56-48(50)32-30-34-52(56)64-62(66-54,45-79-83(73,74)41-27-23-19-15-11-7-3)46-80-84(75,76)42-28-24-20-16-12-8-4/h29-38,49,57-60,63-64,66H,5-28,39-46H2,1-4H3/q-2. The van der Waals surface area contributed by atoms with Crippen molar-refractivity contribution in [3.63, 3.8) is 0 Å². The molecule has 1 saturated carbocycles. The smallest absolute Gasteiger partial charge is 0.267 e. The Hall–Kier alpha value is -3.71. The second-order valence-electron chi connectivity index (χ2n) is 23.8. The topological polar surface area (TPSA) is 268 Å². The number of nitrogens with one attached hydrogen (secondary N) is 3. The number of hydrogen-bond donors (Lipinski definition) is 3. The molecule has 3 aromatic rings. The molecule has 3 atom stereocenters. The second kappa shape index (κ2) is 31.5. The highest BCUT2D eigenvalue weighted by molar-refractivity contribution is 7.87. The fraction of sp³-hybridized carbons (Fsp3) is 0.694. The summed E-state index contributed by atoms with van der Waals surface area (Å²) in [6, 6.07) is 14.2. The molecular weight excluding hydrogens is 1150 g/mol. The summed E-state index contributed by atoms with van der Waals surface area (Å²) in [5.74, 6) is -3.30. The molecule has 0 aromatic heterocycles. The molecule has 22 heteroatoms. The lowest BCUT2D eigenvalue weighted by Crippen LogP contribution is -2.67. The highest BCUT2D eigenvalue weighted by atomic mass is 32.2. The van der Waals surface area contributed by atoms with Crippen LogP contribution in [-0.4, -0.2) is 112 Å². The monoisotopic (exact) mass is 1250 g/mol. The molecule has 2 aliphatic carbocycles. The van der Waals surface area contributed by atoms with Crippen LogP contribution in [0.3, 0.4) is 0 Å². The molecule has 3 unspecified atom stereocenters. The summed E-state index contributed by atoms with van der Waals surface area (Å²) in [5, 5.41) is 40.8. The van der Waals surface area contributed by atoms with Crippen molar-refractivity contribution in [2.45, 2.75) is 217 Å². The van der Waals surface area contributed by atoms with E-state index in [9.17, 15) is 43.9 Å². The maximum absolute atomic E-state index is 14.8. The van der Waals surface area contributed by atoms with E-state index in [-0.39, 0.29) is 23.0 Å². The van der Waals surface area contributed by atoms with Crippen LogP contribution in [0.25, 0.3) is 10.8 Å². The molecule has 0 saturated heterocycles. The van der Waals surface area contributed by atoms with Gasteiger partial charge in [0.25, 0.3) is 40.5 Å². The van der Waals surface area contributed by atoms with Gasteiger partial charge in [0.1, 0.15) is 26.4 Å². The fourth-order valence-corrected chi connectivity index (χ4v) is 16.3. The fourth-order valence-electron chi connectivity index (χ4n) is 12.1. The molecule has 7 rings (SSSR count). The van der Waals surface area contributed by atoms with E-state index in [0.717, 1.165) is 128 Å². The Morgan fingerprint density at radius 3 is 1.33 bits per heavy atom. The first-order valence-corrected chi connectivity index (χ1v) is 37.6. The van der Waals surface area contributed by atoms with Crippen LogP contribution in [0.15, 0.2) is 65.7 Å². The molecular formula is C62H94N4O14S4-2. The maximum Gasteiger partial charge on any atom is 0.267 e. The van der Waals surface area contributed by atoms with Crippen molar-refractivity contribution in [3.8, 4) is 0 Å². The van der Waals surface area contributed by atoms with Crippen molar-refractivity contribution in [1.29, 1.82) is 0 Å². The summed E-state index contributed by atoms with van der Waals surface area (Å²) < 4.78 is 129. The largest absolute Gasteiger partial charge is 0.851 e. The third-order valence-corrected chi connectivity index (χ3v) is 21.9. The summed E-state index contributed by atoms with van der Waals surface area (Å²) in [6.45, 7) is 6.34. The van der Waals surface area contributed by atoms with Gasteiger partial charge in [0.05, 0.1) is 28.7 Å². The first-order valence-electron chi connectivity index (χ1n) is 31.3. The van der Waals surface area contributed by atoms with E-state index >= 15 is 0 Å². The molecule has 0 spiro atoms. The highest BCUT2D eigenvalue weighted by Gasteiger charge is 2.47. The van der Waals surface area contributed by atoms with Crippen molar-refractivity contribution in [3.05, 3.63) is 77.4 Å². The predicted molar refractivity (Wildman–Crippen MR) is 331 cm³/mol. The Morgan fingerprint density at radius 1 is 0.464 bits per heavy atom. The van der Waals surface area contributed by atoms with Crippen molar-refractivity contribution in [1.82, 2.24) is 0 Å². The van der Waals surface area contributed by atoms with E-state index in [2.05, 4.69) is 43.6 Å². The third kappa shape index (κ3) is 18.7. The van der Waals surface area contributed by atoms with Gasteiger partial charge in [-0.2, -0.15) is 33.7 Å². The highest BCUT2D eigenvalue weighted by Crippen LogP contribution is 2.53. The zero-order chi connectivity index (χ0) is 60.4. The van der Waals surface area contributed by atoms with Crippen LogP contribution in [0.5, 0.6) is 0 Å². The molecule has 2 heterocycles. The quantitative estimate of drug-likeness (QED) is 0.0351. The lowest BCUT2D eigenvalue weighted by Gasteiger charge is -2.64. The summed E-state index contributed by atoms with van der Waals surface area (Å²) in [7, 11) is -16.2. The van der Waals surface area contributed by atoms with Crippen LogP contribution in [-0.2, 0) is 57.2 Å². The number of aliphatic imine (C=N–C) groups is 1. The Labute approximate surface area is 502 Å². The molecule has 0 amide bonds. The van der Waals surface area contributed by atoms with Crippen LogP contribution < -0.4 is 26.2 Å². The minimum absolute atomic E-state index is 0.195. The van der Waals surface area contributed by atoms with Gasteiger partial charge in [-0.1, -0.05) is 198 Å². The van der Waals surface area contributed by atoms with E-state index in [0.29, 0.717) is 75.9 Å². The third-order valence-electron chi connectivity index (χ3n) is 16.9. The molecule has 1 fully saturated rings. The van der Waals surface area contributed by atoms with Gasteiger partial charge in [0, 0.05) is 33.9 Å². The number of hydrogen-bond acceptors (Lipinski definition) is 18. The van der Waals surface area contributed by atoms with Gasteiger partial charge >= 0.3 is 0 Å². The number of anilines is 3. The molecule has 2 aliphatic heterocycles. The van der Waals surface area contributed by atoms with Gasteiger partial charge in [-0.15, -0.1) is 12.2 Å². The van der Waals surface area contributed by atoms with Crippen LogP contribution in [0.4, 0.5) is 17.1 Å². The summed E-state index contributed by atoms with van der Waals surface area (Å²) in [4.78, 5) is 4.95. The van der Waals surface area contributed by atoms with Gasteiger partial charge in [-0.05, 0) is 72.4 Å². The molecule has 472 valence electrons. The number of nitrogens with zero attached hydrogens (tertiary/aromatic N) is 1. The number of benzene rings is 3. The lowest BCUT2D eigenvalue weighted by molar-refractivity contribution is -0.550. The van der Waals surface area contributed by atoms with Crippen LogP contribution in [0, 0.1) is 5.92 Å². The first kappa shape index (κ1) is 67.8. The molecule has 0 radical (unpaired) electrons. The predicted octanol–water partition coefficient (Wildman–Crippen LogP) is 10.6. The summed E-state index contributed by atoms with van der Waals surface area (Å²) in [6.07, 6.45) is 21.6. The van der Waals surface area contributed by atoms with E-state index < -0.39 is 108 Å². The number of unbranched alkanes of at least 4 members (excludes halogenated alkanes) is 20. The second-order valence-corrected chi connectivity index (χ2v) is 30.8. The van der Waals surface area contributed by atoms with E-state index in [1.165, 1.54) is 0 Å². The van der Waals surface area contributed by atoms with Gasteiger partial charge < -0.3 is 26.2 Å². The zero-order valence-corrected chi connectivity index (χ0v) is 53.3. The first-order chi connectivity index (χ1) is 40.2. The van der Waals surface area contributed by atoms with E-state index in [1.807, 2.05) is 12.1 Å². The van der Waals surface area contributed by atoms with Crippen LogP contribution >= 0.6 is 0 Å². The minimum Gasteiger partial charge on any atom is -0.851 e. The van der Waals surface area contributed by atoms with E-state index in [4.69, 9.17) is 21.7 Å². The minimum atomic E-state index is -4.05. The maximum atomic E-state index is 14.8. The molecule has 0 bridgehead atoms. The molecule has 3 N–H and O–H groups in total. The Balaban J connectivity index is 1.10. The lowest BCUT2D eigenvalue weighted by atomic mass is 9.58.